The van der Waals surface area contributed by atoms with Crippen LogP contribution in [-0.4, -0.2) is 5.91 Å². The first kappa shape index (κ1) is 15.9. The monoisotopic (exact) mass is 322 g/mol. The van der Waals surface area contributed by atoms with Crippen LogP contribution in [0.15, 0.2) is 35.7 Å². The van der Waals surface area contributed by atoms with E-state index in [-0.39, 0.29) is 24.4 Å². The molecule has 0 fully saturated rings. The molecule has 5 heteroatoms. The number of rotatable bonds is 3. The van der Waals surface area contributed by atoms with Crippen molar-refractivity contribution < 1.29 is 4.79 Å². The Kier molecular flexibility index (Phi) is 5.26. The van der Waals surface area contributed by atoms with Gasteiger partial charge in [-0.25, -0.2) is 0 Å². The van der Waals surface area contributed by atoms with Gasteiger partial charge in [0, 0.05) is 10.6 Å². The van der Waals surface area contributed by atoms with E-state index in [1.807, 2.05) is 24.3 Å². The van der Waals surface area contributed by atoms with Crippen molar-refractivity contribution in [2.24, 2.45) is 0 Å². The SMILES string of the molecule is Cl.Nc1ccc(CC(=O)NC2CCCc3sccc32)cc1. The highest BCUT2D eigenvalue weighted by atomic mass is 35.5. The molecule has 3 N–H and O–H groups in total. The third-order valence-electron chi connectivity index (χ3n) is 3.73. The fourth-order valence-electron chi connectivity index (χ4n) is 2.70. The van der Waals surface area contributed by atoms with E-state index in [0.29, 0.717) is 6.42 Å². The smallest absolute Gasteiger partial charge is 0.224 e. The first-order valence-electron chi connectivity index (χ1n) is 6.92. The summed E-state index contributed by atoms with van der Waals surface area (Å²) in [5.41, 5.74) is 8.69. The maximum Gasteiger partial charge on any atom is 0.224 e. The lowest BCUT2D eigenvalue weighted by atomic mass is 9.94. The molecule has 0 aliphatic heterocycles. The van der Waals surface area contributed by atoms with E-state index in [9.17, 15) is 4.79 Å². The largest absolute Gasteiger partial charge is 0.399 e. The van der Waals surface area contributed by atoms with Crippen molar-refractivity contribution in [2.45, 2.75) is 31.7 Å². The first-order valence-corrected chi connectivity index (χ1v) is 7.80. The molecule has 1 aromatic heterocycles. The van der Waals surface area contributed by atoms with Gasteiger partial charge in [-0.1, -0.05) is 12.1 Å². The molecule has 1 aliphatic carbocycles. The van der Waals surface area contributed by atoms with E-state index in [0.717, 1.165) is 30.5 Å². The van der Waals surface area contributed by atoms with Crippen LogP contribution < -0.4 is 11.1 Å². The van der Waals surface area contributed by atoms with Gasteiger partial charge in [-0.05, 0) is 54.0 Å². The van der Waals surface area contributed by atoms with Gasteiger partial charge in [-0.15, -0.1) is 23.7 Å². The molecule has 1 aliphatic rings. The molecular weight excluding hydrogens is 304 g/mol. The summed E-state index contributed by atoms with van der Waals surface area (Å²) in [6.45, 7) is 0. The molecule has 21 heavy (non-hydrogen) atoms. The van der Waals surface area contributed by atoms with E-state index in [4.69, 9.17) is 5.73 Å². The summed E-state index contributed by atoms with van der Waals surface area (Å²) in [6, 6.07) is 9.82. The predicted molar refractivity (Wildman–Crippen MR) is 89.9 cm³/mol. The van der Waals surface area contributed by atoms with Gasteiger partial charge in [-0.3, -0.25) is 4.79 Å². The Labute approximate surface area is 135 Å². The number of carbonyl (C=O) groups excluding carboxylic acids is 1. The lowest BCUT2D eigenvalue weighted by Crippen LogP contribution is -2.31. The number of aryl methyl sites for hydroxylation is 1. The number of thiophene rings is 1. The number of carbonyl (C=O) groups is 1. The van der Waals surface area contributed by atoms with Gasteiger partial charge < -0.3 is 11.1 Å². The zero-order valence-corrected chi connectivity index (χ0v) is 13.3. The van der Waals surface area contributed by atoms with Gasteiger partial charge in [-0.2, -0.15) is 0 Å². The number of nitrogens with two attached hydrogens (primary N) is 1. The van der Waals surface area contributed by atoms with Crippen LogP contribution in [0.2, 0.25) is 0 Å². The topological polar surface area (TPSA) is 55.1 Å². The molecular formula is C16H19ClN2OS. The molecule has 1 heterocycles. The number of hydrogen-bond donors (Lipinski definition) is 2. The van der Waals surface area contributed by atoms with Crippen LogP contribution in [0, 0.1) is 0 Å². The summed E-state index contributed by atoms with van der Waals surface area (Å²) in [5.74, 6) is 0.0822. The maximum absolute atomic E-state index is 12.2. The highest BCUT2D eigenvalue weighted by molar-refractivity contribution is 7.10. The number of nitrogens with one attached hydrogen (secondary N) is 1. The average Bonchev–Trinajstić information content (AvgIpc) is 2.91. The summed E-state index contributed by atoms with van der Waals surface area (Å²) in [4.78, 5) is 13.6. The number of anilines is 1. The van der Waals surface area contributed by atoms with Gasteiger partial charge in [0.1, 0.15) is 0 Å². The Bertz CT molecular complexity index is 609. The molecule has 0 saturated heterocycles. The van der Waals surface area contributed by atoms with Gasteiger partial charge in [0.15, 0.2) is 0 Å². The quantitative estimate of drug-likeness (QED) is 0.850. The number of benzene rings is 1. The molecule has 0 radical (unpaired) electrons. The van der Waals surface area contributed by atoms with Gasteiger partial charge in [0.05, 0.1) is 12.5 Å². The maximum atomic E-state index is 12.2. The fraction of sp³-hybridized carbons (Fsp3) is 0.312. The van der Waals surface area contributed by atoms with Gasteiger partial charge >= 0.3 is 0 Å². The van der Waals surface area contributed by atoms with Crippen molar-refractivity contribution in [1.82, 2.24) is 5.32 Å². The molecule has 2 aromatic rings. The highest BCUT2D eigenvalue weighted by Gasteiger charge is 2.22. The van der Waals surface area contributed by atoms with Gasteiger partial charge in [0.2, 0.25) is 5.91 Å². The lowest BCUT2D eigenvalue weighted by molar-refractivity contribution is -0.121. The second kappa shape index (κ2) is 6.96. The predicted octanol–water partition coefficient (Wildman–Crippen LogP) is 3.49. The zero-order valence-electron chi connectivity index (χ0n) is 11.7. The summed E-state index contributed by atoms with van der Waals surface area (Å²) >= 11 is 1.80. The average molecular weight is 323 g/mol. The number of amides is 1. The van der Waals surface area contributed by atoms with E-state index < -0.39 is 0 Å². The first-order chi connectivity index (χ1) is 9.72. The van der Waals surface area contributed by atoms with Crippen LogP contribution in [0.1, 0.15) is 34.9 Å². The minimum absolute atomic E-state index is 0. The highest BCUT2D eigenvalue weighted by Crippen LogP contribution is 2.33. The molecule has 1 atom stereocenters. The Balaban J connectivity index is 0.00000161. The van der Waals surface area contributed by atoms with Crippen LogP contribution in [0.5, 0.6) is 0 Å². The Morgan fingerprint density at radius 1 is 1.29 bits per heavy atom. The summed E-state index contributed by atoms with van der Waals surface area (Å²) in [5, 5.41) is 5.28. The second-order valence-corrected chi connectivity index (χ2v) is 6.23. The van der Waals surface area contributed by atoms with E-state index >= 15 is 0 Å². The van der Waals surface area contributed by atoms with Crippen LogP contribution in [-0.2, 0) is 17.6 Å². The van der Waals surface area contributed by atoms with E-state index in [1.165, 1.54) is 10.4 Å². The Morgan fingerprint density at radius 2 is 2.05 bits per heavy atom. The van der Waals surface area contributed by atoms with E-state index in [2.05, 4.69) is 16.8 Å². The normalized spacial score (nSPS) is 16.7. The molecule has 0 bridgehead atoms. The van der Waals surface area contributed by atoms with Crippen LogP contribution in [0.4, 0.5) is 5.69 Å². The Morgan fingerprint density at radius 3 is 2.81 bits per heavy atom. The van der Waals surface area contributed by atoms with Crippen molar-refractivity contribution >= 4 is 35.3 Å². The fourth-order valence-corrected chi connectivity index (χ4v) is 3.69. The Hall–Kier alpha value is -1.52. The van der Waals surface area contributed by atoms with Crippen LogP contribution >= 0.6 is 23.7 Å². The summed E-state index contributed by atoms with van der Waals surface area (Å²) < 4.78 is 0. The van der Waals surface area contributed by atoms with E-state index in [1.54, 1.807) is 11.3 Å². The van der Waals surface area contributed by atoms with Crippen LogP contribution in [0.25, 0.3) is 0 Å². The molecule has 0 spiro atoms. The lowest BCUT2D eigenvalue weighted by Gasteiger charge is -2.23. The third kappa shape index (κ3) is 3.77. The number of halogens is 1. The molecule has 1 unspecified atom stereocenters. The summed E-state index contributed by atoms with van der Waals surface area (Å²) in [6.07, 6.45) is 3.76. The summed E-state index contributed by atoms with van der Waals surface area (Å²) in [7, 11) is 0. The molecule has 0 saturated carbocycles. The minimum atomic E-state index is 0. The number of nitrogen functional groups attached to an aromatic ring is 1. The molecule has 1 amide bonds. The van der Waals surface area contributed by atoms with Crippen molar-refractivity contribution in [2.75, 3.05) is 5.73 Å². The molecule has 3 rings (SSSR count). The van der Waals surface area contributed by atoms with Crippen molar-refractivity contribution in [3.63, 3.8) is 0 Å². The molecule has 1 aromatic carbocycles. The molecule has 112 valence electrons. The number of hydrogen-bond acceptors (Lipinski definition) is 3. The standard InChI is InChI=1S/C16H18N2OS.ClH/c17-12-6-4-11(5-7-12)10-16(19)18-14-2-1-3-15-13(14)8-9-20-15;/h4-9,14H,1-3,10,17H2,(H,18,19);1H. The number of fused-ring (bicyclic) bond motifs is 1. The van der Waals surface area contributed by atoms with Crippen molar-refractivity contribution in [1.29, 1.82) is 0 Å². The zero-order chi connectivity index (χ0) is 13.9. The minimum Gasteiger partial charge on any atom is -0.399 e. The van der Waals surface area contributed by atoms with Crippen molar-refractivity contribution in [3.8, 4) is 0 Å². The van der Waals surface area contributed by atoms with Gasteiger partial charge in [0.25, 0.3) is 0 Å². The third-order valence-corrected chi connectivity index (χ3v) is 4.73. The van der Waals surface area contributed by atoms with Crippen LogP contribution in [0.3, 0.4) is 0 Å². The van der Waals surface area contributed by atoms with Crippen molar-refractivity contribution in [3.05, 3.63) is 51.7 Å². The second-order valence-electron chi connectivity index (χ2n) is 5.23. The molecule has 3 nitrogen and oxygen atoms in total.